The third-order valence-electron chi connectivity index (χ3n) is 2.89. The molecule has 21 heavy (non-hydrogen) atoms. The standard InChI is InChI=1S/C13H7Br2Cl2N3S/c14-7-4-9(21-12(7)15)11-10(13(18)20-19-11)6-2-1-5(16)3-8(6)17/h1-4H,(H3,18,19,20). The molecule has 0 aliphatic heterocycles. The van der Waals surface area contributed by atoms with Gasteiger partial charge in [-0.3, -0.25) is 5.10 Å². The second-order valence-electron chi connectivity index (χ2n) is 4.22. The topological polar surface area (TPSA) is 54.7 Å². The van der Waals surface area contributed by atoms with Crippen LogP contribution in [0.3, 0.4) is 0 Å². The summed E-state index contributed by atoms with van der Waals surface area (Å²) in [5.74, 6) is 0.398. The predicted octanol–water partition coefficient (Wildman–Crippen LogP) is 6.22. The first-order valence-corrected chi connectivity index (χ1v) is 8.87. The van der Waals surface area contributed by atoms with E-state index in [0.717, 1.165) is 30.0 Å². The molecule has 2 heterocycles. The second kappa shape index (κ2) is 5.93. The number of aromatic nitrogens is 2. The molecule has 108 valence electrons. The van der Waals surface area contributed by atoms with Crippen molar-refractivity contribution in [2.75, 3.05) is 5.73 Å². The van der Waals surface area contributed by atoms with Gasteiger partial charge in [0, 0.05) is 15.1 Å². The van der Waals surface area contributed by atoms with E-state index in [9.17, 15) is 0 Å². The van der Waals surface area contributed by atoms with Crippen LogP contribution in [-0.4, -0.2) is 10.2 Å². The Labute approximate surface area is 151 Å². The number of hydrogen-bond donors (Lipinski definition) is 2. The Morgan fingerprint density at radius 1 is 1.19 bits per heavy atom. The average Bonchev–Trinajstić information content (AvgIpc) is 2.94. The fraction of sp³-hybridized carbons (Fsp3) is 0. The summed E-state index contributed by atoms with van der Waals surface area (Å²) in [5.41, 5.74) is 8.41. The number of aromatic amines is 1. The first-order chi connectivity index (χ1) is 9.97. The number of rotatable bonds is 2. The molecule has 0 atom stereocenters. The van der Waals surface area contributed by atoms with Crippen LogP contribution in [0.15, 0.2) is 32.5 Å². The van der Waals surface area contributed by atoms with Gasteiger partial charge >= 0.3 is 0 Å². The minimum Gasteiger partial charge on any atom is -0.382 e. The third kappa shape index (κ3) is 2.87. The molecule has 3 nitrogen and oxygen atoms in total. The molecule has 3 aromatic rings. The molecule has 1 aromatic carbocycles. The quantitative estimate of drug-likeness (QED) is 0.470. The van der Waals surface area contributed by atoms with Gasteiger partial charge in [0.15, 0.2) is 5.82 Å². The van der Waals surface area contributed by atoms with E-state index < -0.39 is 0 Å². The number of nitrogens with two attached hydrogens (primary N) is 1. The lowest BCUT2D eigenvalue weighted by Gasteiger charge is -2.06. The molecule has 0 aliphatic rings. The van der Waals surface area contributed by atoms with Gasteiger partial charge < -0.3 is 5.73 Å². The summed E-state index contributed by atoms with van der Waals surface area (Å²) in [7, 11) is 0. The van der Waals surface area contributed by atoms with E-state index in [4.69, 9.17) is 28.9 Å². The van der Waals surface area contributed by atoms with Crippen LogP contribution in [0.2, 0.25) is 10.0 Å². The molecule has 0 amide bonds. The van der Waals surface area contributed by atoms with Gasteiger partial charge in [-0.05, 0) is 50.1 Å². The molecule has 0 aliphatic carbocycles. The summed E-state index contributed by atoms with van der Waals surface area (Å²) in [6.45, 7) is 0. The van der Waals surface area contributed by atoms with Crippen LogP contribution in [0.5, 0.6) is 0 Å². The fourth-order valence-corrected chi connectivity index (χ4v) is 4.51. The highest BCUT2D eigenvalue weighted by molar-refractivity contribution is 9.13. The molecule has 0 bridgehead atoms. The lowest BCUT2D eigenvalue weighted by atomic mass is 10.0. The molecule has 0 unspecified atom stereocenters. The number of H-pyrrole nitrogens is 1. The molecule has 8 heteroatoms. The largest absolute Gasteiger partial charge is 0.382 e. The first-order valence-electron chi connectivity index (χ1n) is 5.72. The van der Waals surface area contributed by atoms with Crippen LogP contribution in [0.1, 0.15) is 0 Å². The molecular formula is C13H7Br2Cl2N3S. The molecule has 0 radical (unpaired) electrons. The molecule has 0 spiro atoms. The molecule has 3 N–H and O–H groups in total. The van der Waals surface area contributed by atoms with Gasteiger partial charge in [0.2, 0.25) is 0 Å². The van der Waals surface area contributed by atoms with Crippen molar-refractivity contribution in [2.24, 2.45) is 0 Å². The van der Waals surface area contributed by atoms with Crippen LogP contribution >= 0.6 is 66.4 Å². The monoisotopic (exact) mass is 465 g/mol. The Hall–Kier alpha value is -0.530. The number of halogens is 4. The predicted molar refractivity (Wildman–Crippen MR) is 97.2 cm³/mol. The highest BCUT2D eigenvalue weighted by atomic mass is 79.9. The van der Waals surface area contributed by atoms with E-state index >= 15 is 0 Å². The number of thiophene rings is 1. The maximum Gasteiger partial charge on any atom is 0.153 e. The lowest BCUT2D eigenvalue weighted by molar-refractivity contribution is 1.11. The Balaban J connectivity index is 2.21. The summed E-state index contributed by atoms with van der Waals surface area (Å²) in [5, 5.41) is 8.19. The van der Waals surface area contributed by atoms with E-state index in [1.165, 1.54) is 0 Å². The maximum atomic E-state index is 6.29. The summed E-state index contributed by atoms with van der Waals surface area (Å²) in [6.07, 6.45) is 0. The van der Waals surface area contributed by atoms with Crippen molar-refractivity contribution in [1.29, 1.82) is 0 Å². The Bertz CT molecular complexity index is 809. The smallest absolute Gasteiger partial charge is 0.153 e. The van der Waals surface area contributed by atoms with Gasteiger partial charge in [0.25, 0.3) is 0 Å². The minimum absolute atomic E-state index is 0.398. The zero-order valence-electron chi connectivity index (χ0n) is 10.3. The summed E-state index contributed by atoms with van der Waals surface area (Å²) < 4.78 is 1.97. The molecule has 0 fully saturated rings. The van der Waals surface area contributed by atoms with E-state index in [1.54, 1.807) is 23.5 Å². The van der Waals surface area contributed by atoms with Gasteiger partial charge in [-0.2, -0.15) is 5.10 Å². The molecule has 0 saturated heterocycles. The van der Waals surface area contributed by atoms with E-state index in [0.29, 0.717) is 15.9 Å². The normalized spacial score (nSPS) is 11.0. The summed E-state index contributed by atoms with van der Waals surface area (Å²) in [4.78, 5) is 0.999. The number of nitrogen functional groups attached to an aromatic ring is 1. The number of anilines is 1. The zero-order chi connectivity index (χ0) is 15.1. The second-order valence-corrected chi connectivity index (χ2v) is 8.28. The fourth-order valence-electron chi connectivity index (χ4n) is 1.97. The van der Waals surface area contributed by atoms with Crippen molar-refractivity contribution in [3.63, 3.8) is 0 Å². The highest BCUT2D eigenvalue weighted by Gasteiger charge is 2.19. The molecule has 0 saturated carbocycles. The maximum absolute atomic E-state index is 6.29. The number of hydrogen-bond acceptors (Lipinski definition) is 3. The van der Waals surface area contributed by atoms with Gasteiger partial charge in [0.05, 0.1) is 24.9 Å². The Morgan fingerprint density at radius 2 is 1.95 bits per heavy atom. The number of nitrogens with one attached hydrogen (secondary N) is 1. The molecular weight excluding hydrogens is 461 g/mol. The Kier molecular flexibility index (Phi) is 4.34. The van der Waals surface area contributed by atoms with Crippen LogP contribution in [0, 0.1) is 0 Å². The van der Waals surface area contributed by atoms with Gasteiger partial charge in [-0.15, -0.1) is 11.3 Å². The summed E-state index contributed by atoms with van der Waals surface area (Å²) in [6, 6.07) is 7.30. The lowest BCUT2D eigenvalue weighted by Crippen LogP contribution is -1.89. The van der Waals surface area contributed by atoms with Crippen LogP contribution in [-0.2, 0) is 0 Å². The average molecular weight is 468 g/mol. The van der Waals surface area contributed by atoms with Crippen molar-refractivity contribution in [3.05, 3.63) is 42.6 Å². The van der Waals surface area contributed by atoms with Crippen molar-refractivity contribution in [3.8, 4) is 21.7 Å². The van der Waals surface area contributed by atoms with E-state index in [2.05, 4.69) is 42.1 Å². The van der Waals surface area contributed by atoms with Crippen LogP contribution in [0.25, 0.3) is 21.7 Å². The van der Waals surface area contributed by atoms with Gasteiger partial charge in [0.1, 0.15) is 0 Å². The molecule has 2 aromatic heterocycles. The van der Waals surface area contributed by atoms with E-state index in [1.807, 2.05) is 12.1 Å². The number of nitrogens with zero attached hydrogens (tertiary/aromatic N) is 1. The van der Waals surface area contributed by atoms with Gasteiger partial charge in [-0.25, -0.2) is 0 Å². The van der Waals surface area contributed by atoms with Gasteiger partial charge in [-0.1, -0.05) is 29.3 Å². The number of benzene rings is 1. The highest BCUT2D eigenvalue weighted by Crippen LogP contribution is 2.44. The van der Waals surface area contributed by atoms with Crippen LogP contribution < -0.4 is 5.73 Å². The Morgan fingerprint density at radius 3 is 2.57 bits per heavy atom. The van der Waals surface area contributed by atoms with Crippen molar-refractivity contribution < 1.29 is 0 Å². The minimum atomic E-state index is 0.398. The summed E-state index contributed by atoms with van der Waals surface area (Å²) >= 11 is 20.8. The SMILES string of the molecule is Nc1n[nH]c(-c2cc(Br)c(Br)s2)c1-c1ccc(Cl)cc1Cl. The van der Waals surface area contributed by atoms with Crippen LogP contribution in [0.4, 0.5) is 5.82 Å². The zero-order valence-corrected chi connectivity index (χ0v) is 15.8. The van der Waals surface area contributed by atoms with Crippen molar-refractivity contribution in [2.45, 2.75) is 0 Å². The third-order valence-corrected chi connectivity index (χ3v) is 6.71. The van der Waals surface area contributed by atoms with Crippen molar-refractivity contribution >= 4 is 72.2 Å². The van der Waals surface area contributed by atoms with E-state index in [-0.39, 0.29) is 0 Å². The first kappa shape index (κ1) is 15.4. The molecule has 3 rings (SSSR count). The van der Waals surface area contributed by atoms with Crippen molar-refractivity contribution in [1.82, 2.24) is 10.2 Å².